The number of hydrogen-bond acceptors (Lipinski definition) is 3. The second kappa shape index (κ2) is 5.32. The molecule has 0 unspecified atom stereocenters. The molecule has 0 saturated heterocycles. The van der Waals surface area contributed by atoms with Gasteiger partial charge in [0, 0.05) is 15.7 Å². The number of aromatic nitrogens is 1. The summed E-state index contributed by atoms with van der Waals surface area (Å²) < 4.78 is 25.5. The van der Waals surface area contributed by atoms with E-state index >= 15 is 0 Å². The van der Waals surface area contributed by atoms with E-state index in [4.69, 9.17) is 11.0 Å². The summed E-state index contributed by atoms with van der Waals surface area (Å²) in [5.41, 5.74) is 6.18. The van der Waals surface area contributed by atoms with Gasteiger partial charge >= 0.3 is 0 Å². The number of rotatable bonds is 3. The molecule has 0 saturated carbocycles. The maximum atomic E-state index is 12.4. The number of nitriles is 1. The van der Waals surface area contributed by atoms with E-state index in [2.05, 4.69) is 4.98 Å². The van der Waals surface area contributed by atoms with Crippen LogP contribution in [0.4, 0.5) is 8.78 Å². The summed E-state index contributed by atoms with van der Waals surface area (Å²) in [6.07, 6.45) is -2.62. The van der Waals surface area contributed by atoms with Crippen LogP contribution in [0.5, 0.6) is 0 Å². The van der Waals surface area contributed by atoms with Crippen LogP contribution < -0.4 is 5.73 Å². The third kappa shape index (κ3) is 2.82. The van der Waals surface area contributed by atoms with Gasteiger partial charge < -0.3 is 5.73 Å². The Morgan fingerprint density at radius 3 is 2.73 bits per heavy atom. The zero-order valence-electron chi connectivity index (χ0n) is 7.67. The first-order valence-electron chi connectivity index (χ1n) is 4.13. The summed E-state index contributed by atoms with van der Waals surface area (Å²) in [6.45, 7) is 0.200. The Hall–Kier alpha value is -0.810. The highest BCUT2D eigenvalue weighted by molar-refractivity contribution is 14.1. The Morgan fingerprint density at radius 1 is 1.60 bits per heavy atom. The lowest BCUT2D eigenvalue weighted by Gasteiger charge is -2.09. The van der Waals surface area contributed by atoms with Crippen LogP contribution in [0.2, 0.25) is 0 Å². The quantitative estimate of drug-likeness (QED) is 0.867. The second-order valence-corrected chi connectivity index (χ2v) is 3.96. The highest BCUT2D eigenvalue weighted by Crippen LogP contribution is 2.23. The lowest BCUT2D eigenvalue weighted by molar-refractivity contribution is 0.145. The molecule has 0 aromatic carbocycles. The lowest BCUT2D eigenvalue weighted by atomic mass is 10.1. The monoisotopic (exact) mass is 323 g/mol. The highest BCUT2D eigenvalue weighted by Gasteiger charge is 2.15. The van der Waals surface area contributed by atoms with Crippen molar-refractivity contribution in [2.45, 2.75) is 19.4 Å². The Kier molecular flexibility index (Phi) is 4.35. The lowest BCUT2D eigenvalue weighted by Crippen LogP contribution is -2.08. The van der Waals surface area contributed by atoms with Crippen molar-refractivity contribution in [2.24, 2.45) is 5.73 Å². The summed E-state index contributed by atoms with van der Waals surface area (Å²) in [7, 11) is 0. The van der Waals surface area contributed by atoms with Gasteiger partial charge in [-0.25, -0.2) is 8.78 Å². The van der Waals surface area contributed by atoms with Crippen LogP contribution in [-0.4, -0.2) is 4.98 Å². The van der Waals surface area contributed by atoms with Crippen molar-refractivity contribution < 1.29 is 8.78 Å². The molecule has 0 fully saturated rings. The van der Waals surface area contributed by atoms with Crippen molar-refractivity contribution in [3.8, 4) is 6.07 Å². The summed E-state index contributed by atoms with van der Waals surface area (Å²) in [4.78, 5) is 3.74. The van der Waals surface area contributed by atoms with Crippen molar-refractivity contribution in [3.63, 3.8) is 0 Å². The second-order valence-electron chi connectivity index (χ2n) is 2.79. The molecule has 1 rings (SSSR count). The molecule has 6 heteroatoms. The van der Waals surface area contributed by atoms with E-state index in [-0.39, 0.29) is 18.7 Å². The molecule has 0 amide bonds. The maximum absolute atomic E-state index is 12.4. The number of pyridine rings is 1. The summed E-state index contributed by atoms with van der Waals surface area (Å²) in [5, 5.41) is 8.54. The van der Waals surface area contributed by atoms with E-state index in [1.807, 2.05) is 28.7 Å². The molecule has 0 spiro atoms. The van der Waals surface area contributed by atoms with E-state index in [1.54, 1.807) is 0 Å². The molecular formula is C9H8F2IN3. The van der Waals surface area contributed by atoms with E-state index in [0.29, 0.717) is 14.8 Å². The molecule has 0 aliphatic carbocycles. The number of hydrogen-bond donors (Lipinski definition) is 1. The molecule has 0 aliphatic rings. The fourth-order valence-corrected chi connectivity index (χ4v) is 2.01. The van der Waals surface area contributed by atoms with Crippen LogP contribution in [0, 0.1) is 14.9 Å². The number of nitrogens with two attached hydrogens (primary N) is 1. The van der Waals surface area contributed by atoms with Gasteiger partial charge in [0.15, 0.2) is 0 Å². The van der Waals surface area contributed by atoms with Crippen LogP contribution in [0.25, 0.3) is 0 Å². The molecule has 3 nitrogen and oxygen atoms in total. The third-order valence-electron chi connectivity index (χ3n) is 1.85. The molecule has 0 atom stereocenters. The number of nitrogens with zero attached hydrogens (tertiary/aromatic N) is 2. The van der Waals surface area contributed by atoms with Gasteiger partial charge in [-0.15, -0.1) is 0 Å². The summed E-state index contributed by atoms with van der Waals surface area (Å²) in [5.74, 6) is 0. The van der Waals surface area contributed by atoms with Crippen molar-refractivity contribution in [1.29, 1.82) is 5.26 Å². The first-order valence-corrected chi connectivity index (χ1v) is 5.21. The number of alkyl halides is 2. The first kappa shape index (κ1) is 12.3. The largest absolute Gasteiger partial charge is 0.326 e. The molecule has 0 aliphatic heterocycles. The third-order valence-corrected chi connectivity index (χ3v) is 2.81. The smallest absolute Gasteiger partial charge is 0.280 e. The Bertz CT molecular complexity index is 401. The summed E-state index contributed by atoms with van der Waals surface area (Å²) >= 11 is 1.92. The fraction of sp³-hybridized carbons (Fsp3) is 0.333. The summed E-state index contributed by atoms with van der Waals surface area (Å²) in [6, 6.07) is 3.19. The first-order chi connectivity index (χ1) is 7.10. The molecule has 0 bridgehead atoms. The van der Waals surface area contributed by atoms with Gasteiger partial charge in [0.05, 0.1) is 18.2 Å². The molecule has 0 radical (unpaired) electrons. The molecular weight excluding hydrogens is 315 g/mol. The van der Waals surface area contributed by atoms with Gasteiger partial charge in [-0.3, -0.25) is 4.98 Å². The van der Waals surface area contributed by atoms with Gasteiger partial charge in [-0.1, -0.05) is 0 Å². The molecule has 1 aromatic heterocycles. The Labute approximate surface area is 99.4 Å². The van der Waals surface area contributed by atoms with Gasteiger partial charge in [-0.05, 0) is 28.7 Å². The van der Waals surface area contributed by atoms with Crippen molar-refractivity contribution >= 4 is 22.6 Å². The van der Waals surface area contributed by atoms with Gasteiger partial charge in [0.2, 0.25) is 0 Å². The van der Waals surface area contributed by atoms with Crippen molar-refractivity contribution in [3.05, 3.63) is 26.6 Å². The van der Waals surface area contributed by atoms with Crippen LogP contribution >= 0.6 is 22.6 Å². The topological polar surface area (TPSA) is 62.7 Å². The van der Waals surface area contributed by atoms with Crippen LogP contribution in [-0.2, 0) is 13.0 Å². The highest BCUT2D eigenvalue weighted by atomic mass is 127. The average molecular weight is 323 g/mol. The standard InChI is InChI=1S/C9H8F2IN3/c10-9(11)8-3-6(12)5(4-14)7(15-8)1-2-13/h3,9H,1,4,14H2. The fourth-order valence-electron chi connectivity index (χ4n) is 1.16. The van der Waals surface area contributed by atoms with Gasteiger partial charge in [0.1, 0.15) is 5.69 Å². The SMILES string of the molecule is N#CCc1nc(C(F)F)cc(I)c1CN. The van der Waals surface area contributed by atoms with E-state index in [1.165, 1.54) is 6.07 Å². The minimum Gasteiger partial charge on any atom is -0.326 e. The minimum absolute atomic E-state index is 0.00307. The van der Waals surface area contributed by atoms with E-state index in [0.717, 1.165) is 0 Å². The predicted molar refractivity (Wildman–Crippen MR) is 59.1 cm³/mol. The molecule has 1 aromatic rings. The normalized spacial score (nSPS) is 10.4. The minimum atomic E-state index is -2.62. The van der Waals surface area contributed by atoms with E-state index < -0.39 is 6.43 Å². The van der Waals surface area contributed by atoms with Gasteiger partial charge in [0.25, 0.3) is 6.43 Å². The maximum Gasteiger partial charge on any atom is 0.280 e. The molecule has 2 N–H and O–H groups in total. The van der Waals surface area contributed by atoms with Gasteiger partial charge in [-0.2, -0.15) is 5.26 Å². The van der Waals surface area contributed by atoms with Crippen molar-refractivity contribution in [2.75, 3.05) is 0 Å². The molecule has 1 heterocycles. The van der Waals surface area contributed by atoms with Crippen molar-refractivity contribution in [1.82, 2.24) is 4.98 Å². The Morgan fingerprint density at radius 2 is 2.27 bits per heavy atom. The molecule has 15 heavy (non-hydrogen) atoms. The zero-order chi connectivity index (χ0) is 11.4. The van der Waals surface area contributed by atoms with Crippen LogP contribution in [0.3, 0.4) is 0 Å². The number of halogens is 3. The van der Waals surface area contributed by atoms with Crippen LogP contribution in [0.1, 0.15) is 23.4 Å². The van der Waals surface area contributed by atoms with E-state index in [9.17, 15) is 8.78 Å². The predicted octanol–water partition coefficient (Wildman–Crippen LogP) is 2.15. The zero-order valence-corrected chi connectivity index (χ0v) is 9.83. The average Bonchev–Trinajstić information content (AvgIpc) is 2.17. The van der Waals surface area contributed by atoms with Crippen LogP contribution in [0.15, 0.2) is 6.07 Å². The molecule has 80 valence electrons. The Balaban J connectivity index is 3.26.